The van der Waals surface area contributed by atoms with Gasteiger partial charge >= 0.3 is 5.69 Å². The molecule has 0 saturated carbocycles. The molecule has 1 aromatic carbocycles. The highest BCUT2D eigenvalue weighted by Crippen LogP contribution is 2.19. The standard InChI is InChI=1S/C12H15N3O2/c16-9-1-2-11-10(5-9)14-12(17)15(11)7-8-3-4-13-6-8/h1-2,5,8,13,16H,3-4,6-7H2,(H,14,17). The Morgan fingerprint density at radius 2 is 2.35 bits per heavy atom. The molecule has 2 aromatic rings. The van der Waals surface area contributed by atoms with Crippen molar-refractivity contribution >= 4 is 11.0 Å². The average molecular weight is 233 g/mol. The fourth-order valence-electron chi connectivity index (χ4n) is 2.46. The normalized spacial score (nSPS) is 20.1. The minimum absolute atomic E-state index is 0.0995. The quantitative estimate of drug-likeness (QED) is 0.713. The molecule has 1 saturated heterocycles. The molecule has 3 N–H and O–H groups in total. The molecule has 1 aliphatic heterocycles. The number of rotatable bonds is 2. The highest BCUT2D eigenvalue weighted by Gasteiger charge is 2.17. The molecule has 3 rings (SSSR count). The Morgan fingerprint density at radius 3 is 3.12 bits per heavy atom. The summed E-state index contributed by atoms with van der Waals surface area (Å²) in [6.45, 7) is 2.73. The summed E-state index contributed by atoms with van der Waals surface area (Å²) in [4.78, 5) is 14.6. The van der Waals surface area contributed by atoms with Crippen LogP contribution in [-0.4, -0.2) is 27.7 Å². The van der Waals surface area contributed by atoms with Gasteiger partial charge < -0.3 is 15.4 Å². The number of phenols is 1. The van der Waals surface area contributed by atoms with Gasteiger partial charge in [-0.25, -0.2) is 4.79 Å². The molecule has 1 aromatic heterocycles. The van der Waals surface area contributed by atoms with Crippen LogP contribution in [0.5, 0.6) is 5.75 Å². The van der Waals surface area contributed by atoms with E-state index >= 15 is 0 Å². The first-order valence-electron chi connectivity index (χ1n) is 5.86. The number of imidazole rings is 1. The van der Waals surface area contributed by atoms with Crippen molar-refractivity contribution in [2.45, 2.75) is 13.0 Å². The van der Waals surface area contributed by atoms with Crippen LogP contribution in [0, 0.1) is 5.92 Å². The lowest BCUT2D eigenvalue weighted by atomic mass is 10.1. The van der Waals surface area contributed by atoms with Gasteiger partial charge in [-0.1, -0.05) is 0 Å². The fraction of sp³-hybridized carbons (Fsp3) is 0.417. The number of nitrogens with zero attached hydrogens (tertiary/aromatic N) is 1. The van der Waals surface area contributed by atoms with Gasteiger partial charge in [0.15, 0.2) is 0 Å². The van der Waals surface area contributed by atoms with E-state index in [1.807, 2.05) is 0 Å². The molecule has 0 radical (unpaired) electrons. The molecule has 1 atom stereocenters. The molecule has 90 valence electrons. The van der Waals surface area contributed by atoms with Crippen molar-refractivity contribution in [1.29, 1.82) is 0 Å². The Kier molecular flexibility index (Phi) is 2.40. The van der Waals surface area contributed by atoms with E-state index in [-0.39, 0.29) is 11.4 Å². The van der Waals surface area contributed by atoms with E-state index in [0.29, 0.717) is 11.4 Å². The molecular weight excluding hydrogens is 218 g/mol. The Hall–Kier alpha value is -1.75. The predicted octanol–water partition coefficient (Wildman–Crippen LogP) is 0.645. The zero-order valence-corrected chi connectivity index (χ0v) is 9.44. The summed E-state index contributed by atoms with van der Waals surface area (Å²) in [6.07, 6.45) is 1.11. The number of nitrogens with one attached hydrogen (secondary N) is 2. The minimum atomic E-state index is -0.0995. The predicted molar refractivity (Wildman–Crippen MR) is 65.2 cm³/mol. The average Bonchev–Trinajstić information content (AvgIpc) is 2.88. The van der Waals surface area contributed by atoms with Crippen LogP contribution in [0.2, 0.25) is 0 Å². The van der Waals surface area contributed by atoms with Crippen LogP contribution in [0.4, 0.5) is 0 Å². The summed E-state index contributed by atoms with van der Waals surface area (Å²) in [6, 6.07) is 4.98. The van der Waals surface area contributed by atoms with Crippen LogP contribution >= 0.6 is 0 Å². The molecule has 0 spiro atoms. The van der Waals surface area contributed by atoms with Gasteiger partial charge in [0.2, 0.25) is 0 Å². The second kappa shape index (κ2) is 3.92. The van der Waals surface area contributed by atoms with Crippen LogP contribution in [0.3, 0.4) is 0 Å². The van der Waals surface area contributed by atoms with Crippen LogP contribution in [0.1, 0.15) is 6.42 Å². The maximum absolute atomic E-state index is 11.8. The summed E-state index contributed by atoms with van der Waals surface area (Å²) >= 11 is 0. The molecule has 1 fully saturated rings. The Labute approximate surface area is 98.1 Å². The molecule has 5 heteroatoms. The number of H-pyrrole nitrogens is 1. The number of hydrogen-bond donors (Lipinski definition) is 3. The Morgan fingerprint density at radius 1 is 1.47 bits per heavy atom. The third-order valence-corrected chi connectivity index (χ3v) is 3.36. The molecule has 0 bridgehead atoms. The van der Waals surface area contributed by atoms with Gasteiger partial charge in [0.1, 0.15) is 5.75 Å². The van der Waals surface area contributed by atoms with E-state index in [1.165, 1.54) is 0 Å². The van der Waals surface area contributed by atoms with Crippen LogP contribution in [0.25, 0.3) is 11.0 Å². The molecule has 1 aliphatic rings. The number of aromatic hydroxyl groups is 1. The largest absolute Gasteiger partial charge is 0.508 e. The van der Waals surface area contributed by atoms with Gasteiger partial charge in [0.25, 0.3) is 0 Å². The molecule has 5 nitrogen and oxygen atoms in total. The van der Waals surface area contributed by atoms with E-state index in [4.69, 9.17) is 0 Å². The molecule has 1 unspecified atom stereocenters. The molecule has 0 aliphatic carbocycles. The molecular formula is C12H15N3O2. The SMILES string of the molecule is O=c1[nH]c2cc(O)ccc2n1CC1CCNC1. The maximum Gasteiger partial charge on any atom is 0.326 e. The van der Waals surface area contributed by atoms with Gasteiger partial charge in [-0.05, 0) is 37.6 Å². The first-order valence-corrected chi connectivity index (χ1v) is 5.86. The highest BCUT2D eigenvalue weighted by molar-refractivity contribution is 5.76. The van der Waals surface area contributed by atoms with Crippen molar-refractivity contribution in [2.24, 2.45) is 5.92 Å². The van der Waals surface area contributed by atoms with Crippen molar-refractivity contribution in [3.8, 4) is 5.75 Å². The number of fused-ring (bicyclic) bond motifs is 1. The lowest BCUT2D eigenvalue weighted by Gasteiger charge is -2.09. The maximum atomic E-state index is 11.8. The first-order chi connectivity index (χ1) is 8.24. The van der Waals surface area contributed by atoms with E-state index in [2.05, 4.69) is 10.3 Å². The van der Waals surface area contributed by atoms with Crippen molar-refractivity contribution in [1.82, 2.24) is 14.9 Å². The zero-order valence-electron chi connectivity index (χ0n) is 9.44. The topological polar surface area (TPSA) is 70.0 Å². The van der Waals surface area contributed by atoms with Crippen LogP contribution < -0.4 is 11.0 Å². The van der Waals surface area contributed by atoms with Crippen molar-refractivity contribution in [2.75, 3.05) is 13.1 Å². The number of hydrogen-bond acceptors (Lipinski definition) is 3. The summed E-state index contributed by atoms with van der Waals surface area (Å²) in [5.41, 5.74) is 1.46. The van der Waals surface area contributed by atoms with E-state index in [9.17, 15) is 9.90 Å². The summed E-state index contributed by atoms with van der Waals surface area (Å²) in [5, 5.41) is 12.7. The van der Waals surface area contributed by atoms with E-state index < -0.39 is 0 Å². The highest BCUT2D eigenvalue weighted by atomic mass is 16.3. The first kappa shape index (κ1) is 10.4. The van der Waals surface area contributed by atoms with Crippen molar-refractivity contribution < 1.29 is 5.11 Å². The zero-order chi connectivity index (χ0) is 11.8. The van der Waals surface area contributed by atoms with Gasteiger partial charge in [0.05, 0.1) is 11.0 Å². The Bertz CT molecular complexity index is 593. The number of benzene rings is 1. The lowest BCUT2D eigenvalue weighted by molar-refractivity contribution is 0.475. The van der Waals surface area contributed by atoms with E-state index in [0.717, 1.165) is 31.6 Å². The third kappa shape index (κ3) is 1.82. The number of aromatic nitrogens is 2. The van der Waals surface area contributed by atoms with Gasteiger partial charge in [-0.3, -0.25) is 4.57 Å². The van der Waals surface area contributed by atoms with Gasteiger partial charge in [-0.15, -0.1) is 0 Å². The van der Waals surface area contributed by atoms with E-state index in [1.54, 1.807) is 22.8 Å². The smallest absolute Gasteiger partial charge is 0.326 e. The molecule has 2 heterocycles. The molecule has 17 heavy (non-hydrogen) atoms. The third-order valence-electron chi connectivity index (χ3n) is 3.36. The second-order valence-corrected chi connectivity index (χ2v) is 4.60. The minimum Gasteiger partial charge on any atom is -0.508 e. The van der Waals surface area contributed by atoms with Crippen LogP contribution in [-0.2, 0) is 6.54 Å². The second-order valence-electron chi connectivity index (χ2n) is 4.60. The number of aromatic amines is 1. The summed E-state index contributed by atoms with van der Waals surface area (Å²) in [5.74, 6) is 0.689. The van der Waals surface area contributed by atoms with Gasteiger partial charge in [-0.2, -0.15) is 0 Å². The van der Waals surface area contributed by atoms with Crippen molar-refractivity contribution in [3.05, 3.63) is 28.7 Å². The monoisotopic (exact) mass is 233 g/mol. The Balaban J connectivity index is 2.02. The summed E-state index contributed by atoms with van der Waals surface area (Å²) in [7, 11) is 0. The van der Waals surface area contributed by atoms with Crippen LogP contribution in [0.15, 0.2) is 23.0 Å². The molecule has 0 amide bonds. The number of phenolic OH excluding ortho intramolecular Hbond substituents is 1. The summed E-state index contributed by atoms with van der Waals surface area (Å²) < 4.78 is 1.76. The fourth-order valence-corrected chi connectivity index (χ4v) is 2.46. The van der Waals surface area contributed by atoms with Crippen molar-refractivity contribution in [3.63, 3.8) is 0 Å². The van der Waals surface area contributed by atoms with Gasteiger partial charge in [0, 0.05) is 12.6 Å². The lowest BCUT2D eigenvalue weighted by Crippen LogP contribution is -2.22.